The zero-order chi connectivity index (χ0) is 19.7. The summed E-state index contributed by atoms with van der Waals surface area (Å²) in [5.74, 6) is 0.761. The number of aryl methyl sites for hydroxylation is 2. The average molecular weight is 416 g/mol. The van der Waals surface area contributed by atoms with Gasteiger partial charge in [-0.1, -0.05) is 29.0 Å². The Labute approximate surface area is 173 Å². The molecule has 1 aliphatic rings. The number of piperazine rings is 1. The number of hydrogen-bond acceptors (Lipinski definition) is 5. The number of amides is 1. The van der Waals surface area contributed by atoms with Crippen LogP contribution in [0.2, 0.25) is 5.02 Å². The monoisotopic (exact) mass is 415 g/mol. The van der Waals surface area contributed by atoms with Crippen molar-refractivity contribution in [3.63, 3.8) is 0 Å². The molecule has 0 unspecified atom stereocenters. The van der Waals surface area contributed by atoms with E-state index in [2.05, 4.69) is 11.8 Å². The van der Waals surface area contributed by atoms with Crippen molar-refractivity contribution < 1.29 is 9.53 Å². The molecule has 0 aliphatic carbocycles. The Morgan fingerprint density at radius 2 is 1.89 bits per heavy atom. The summed E-state index contributed by atoms with van der Waals surface area (Å²) < 4.78 is 6.78. The van der Waals surface area contributed by atoms with Crippen molar-refractivity contribution in [1.82, 2.24) is 9.88 Å². The van der Waals surface area contributed by atoms with Gasteiger partial charge < -0.3 is 14.5 Å². The molecule has 146 valence electrons. The third-order valence-corrected chi connectivity index (χ3v) is 6.40. The Morgan fingerprint density at radius 3 is 2.64 bits per heavy atom. The summed E-state index contributed by atoms with van der Waals surface area (Å²) in [5, 5.41) is 1.71. The topological polar surface area (TPSA) is 45.7 Å². The first kappa shape index (κ1) is 19.0. The maximum atomic E-state index is 12.5. The molecule has 7 heteroatoms. The molecular weight excluding hydrogens is 394 g/mol. The van der Waals surface area contributed by atoms with Crippen LogP contribution in [0, 0.1) is 13.8 Å². The van der Waals surface area contributed by atoms with E-state index in [4.69, 9.17) is 21.3 Å². The summed E-state index contributed by atoms with van der Waals surface area (Å²) in [6.07, 6.45) is 0. The Kier molecular flexibility index (Phi) is 5.42. The number of halogens is 1. The lowest BCUT2D eigenvalue weighted by Crippen LogP contribution is -2.50. The highest BCUT2D eigenvalue weighted by atomic mass is 35.5. The molecule has 0 bridgehead atoms. The molecule has 1 fully saturated rings. The van der Waals surface area contributed by atoms with Gasteiger partial charge in [0.25, 0.3) is 5.91 Å². The number of nitrogens with zero attached hydrogens (tertiary/aromatic N) is 3. The van der Waals surface area contributed by atoms with Crippen LogP contribution in [0.3, 0.4) is 0 Å². The number of anilines is 1. The van der Waals surface area contributed by atoms with E-state index in [1.807, 2.05) is 48.2 Å². The Hall–Kier alpha value is -2.31. The third-order valence-electron chi connectivity index (χ3n) is 5.08. The molecule has 0 saturated carbocycles. The summed E-state index contributed by atoms with van der Waals surface area (Å²) in [4.78, 5) is 21.3. The number of hydrogen-bond donors (Lipinski definition) is 0. The number of ether oxygens (including phenoxy) is 1. The Balaban J connectivity index is 1.32. The van der Waals surface area contributed by atoms with Crippen LogP contribution in [-0.2, 0) is 4.79 Å². The van der Waals surface area contributed by atoms with Crippen molar-refractivity contribution in [3.8, 4) is 5.75 Å². The minimum Gasteiger partial charge on any atom is -0.484 e. The third kappa shape index (κ3) is 4.08. The van der Waals surface area contributed by atoms with Gasteiger partial charge in [0.2, 0.25) is 0 Å². The molecule has 1 aliphatic heterocycles. The number of thiazole rings is 1. The van der Waals surface area contributed by atoms with Crippen LogP contribution in [0.4, 0.5) is 5.13 Å². The fraction of sp³-hybridized carbons (Fsp3) is 0.333. The van der Waals surface area contributed by atoms with E-state index in [-0.39, 0.29) is 12.5 Å². The number of rotatable bonds is 4. The van der Waals surface area contributed by atoms with Crippen molar-refractivity contribution in [2.45, 2.75) is 13.8 Å². The lowest BCUT2D eigenvalue weighted by Gasteiger charge is -2.34. The van der Waals surface area contributed by atoms with Crippen molar-refractivity contribution in [2.75, 3.05) is 37.7 Å². The van der Waals surface area contributed by atoms with E-state index in [1.54, 1.807) is 11.3 Å². The van der Waals surface area contributed by atoms with Gasteiger partial charge in [-0.05, 0) is 55.3 Å². The molecule has 2 aromatic carbocycles. The molecule has 0 atom stereocenters. The maximum Gasteiger partial charge on any atom is 0.260 e. The Bertz CT molecular complexity index is 1010. The molecule has 1 amide bonds. The van der Waals surface area contributed by atoms with Gasteiger partial charge in [-0.3, -0.25) is 4.79 Å². The fourth-order valence-corrected chi connectivity index (χ4v) is 4.50. The first-order valence-electron chi connectivity index (χ1n) is 9.28. The van der Waals surface area contributed by atoms with Crippen LogP contribution in [0.1, 0.15) is 11.1 Å². The predicted molar refractivity (Wildman–Crippen MR) is 115 cm³/mol. The molecule has 0 N–H and O–H groups in total. The van der Waals surface area contributed by atoms with E-state index in [0.717, 1.165) is 44.8 Å². The van der Waals surface area contributed by atoms with Gasteiger partial charge in [-0.25, -0.2) is 4.98 Å². The van der Waals surface area contributed by atoms with Gasteiger partial charge in [0, 0.05) is 31.2 Å². The van der Waals surface area contributed by atoms with Gasteiger partial charge in [0.1, 0.15) is 5.75 Å². The summed E-state index contributed by atoms with van der Waals surface area (Å²) in [7, 11) is 0. The predicted octanol–water partition coefficient (Wildman–Crippen LogP) is 4.29. The second kappa shape index (κ2) is 7.97. The smallest absolute Gasteiger partial charge is 0.260 e. The van der Waals surface area contributed by atoms with Gasteiger partial charge in [0.05, 0.1) is 10.2 Å². The van der Waals surface area contributed by atoms with Crippen molar-refractivity contribution in [2.24, 2.45) is 0 Å². The largest absolute Gasteiger partial charge is 0.484 e. The molecule has 28 heavy (non-hydrogen) atoms. The zero-order valence-corrected chi connectivity index (χ0v) is 17.5. The van der Waals surface area contributed by atoms with Crippen molar-refractivity contribution in [1.29, 1.82) is 0 Å². The van der Waals surface area contributed by atoms with Gasteiger partial charge in [-0.15, -0.1) is 0 Å². The lowest BCUT2D eigenvalue weighted by atomic mass is 10.1. The molecule has 4 rings (SSSR count). The van der Waals surface area contributed by atoms with E-state index in [0.29, 0.717) is 13.1 Å². The average Bonchev–Trinajstić information content (AvgIpc) is 3.12. The SMILES string of the molecule is Cc1ccc(OCC(=O)N2CCN(c3nc4ccc(Cl)cc4s3)CC2)cc1C. The highest BCUT2D eigenvalue weighted by molar-refractivity contribution is 7.22. The highest BCUT2D eigenvalue weighted by Crippen LogP contribution is 2.31. The summed E-state index contributed by atoms with van der Waals surface area (Å²) >= 11 is 7.71. The van der Waals surface area contributed by atoms with E-state index in [9.17, 15) is 4.79 Å². The van der Waals surface area contributed by atoms with Crippen LogP contribution in [-0.4, -0.2) is 48.6 Å². The second-order valence-corrected chi connectivity index (χ2v) is 8.46. The molecule has 2 heterocycles. The molecule has 1 saturated heterocycles. The lowest BCUT2D eigenvalue weighted by molar-refractivity contribution is -0.133. The number of carbonyl (C=O) groups is 1. The van der Waals surface area contributed by atoms with E-state index in [1.165, 1.54) is 5.56 Å². The molecule has 3 aromatic rings. The quantitative estimate of drug-likeness (QED) is 0.637. The van der Waals surface area contributed by atoms with Gasteiger partial charge in [0.15, 0.2) is 11.7 Å². The van der Waals surface area contributed by atoms with Crippen LogP contribution < -0.4 is 9.64 Å². The highest BCUT2D eigenvalue weighted by Gasteiger charge is 2.23. The summed E-state index contributed by atoms with van der Waals surface area (Å²) in [5.41, 5.74) is 3.34. The van der Waals surface area contributed by atoms with Crippen LogP contribution in [0.15, 0.2) is 36.4 Å². The molecule has 1 aromatic heterocycles. The minimum absolute atomic E-state index is 0.0222. The normalized spacial score (nSPS) is 14.5. The minimum atomic E-state index is 0.0222. The van der Waals surface area contributed by atoms with Crippen molar-refractivity contribution >= 4 is 44.2 Å². The number of carbonyl (C=O) groups excluding carboxylic acids is 1. The Morgan fingerprint density at radius 1 is 1.11 bits per heavy atom. The molecule has 5 nitrogen and oxygen atoms in total. The van der Waals surface area contributed by atoms with Gasteiger partial charge in [-0.2, -0.15) is 0 Å². The molecule has 0 spiro atoms. The maximum absolute atomic E-state index is 12.5. The van der Waals surface area contributed by atoms with Crippen molar-refractivity contribution in [3.05, 3.63) is 52.5 Å². The summed E-state index contributed by atoms with van der Waals surface area (Å²) in [6.45, 7) is 7.05. The van der Waals surface area contributed by atoms with E-state index >= 15 is 0 Å². The zero-order valence-electron chi connectivity index (χ0n) is 15.9. The number of fused-ring (bicyclic) bond motifs is 1. The molecular formula is C21H22ClN3O2S. The van der Waals surface area contributed by atoms with Crippen LogP contribution in [0.25, 0.3) is 10.2 Å². The second-order valence-electron chi connectivity index (χ2n) is 7.01. The standard InChI is InChI=1S/C21H22ClN3O2S/c1-14-3-5-17(11-15(14)2)27-13-20(26)24-7-9-25(10-8-24)21-23-18-6-4-16(22)12-19(18)28-21/h3-6,11-12H,7-10,13H2,1-2H3. The van der Waals surface area contributed by atoms with Crippen LogP contribution in [0.5, 0.6) is 5.75 Å². The van der Waals surface area contributed by atoms with Gasteiger partial charge >= 0.3 is 0 Å². The number of benzene rings is 2. The molecule has 0 radical (unpaired) electrons. The van der Waals surface area contributed by atoms with E-state index < -0.39 is 0 Å². The first-order valence-corrected chi connectivity index (χ1v) is 10.5. The number of aromatic nitrogens is 1. The first-order chi connectivity index (χ1) is 13.5. The summed E-state index contributed by atoms with van der Waals surface area (Å²) in [6, 6.07) is 11.6. The van der Waals surface area contributed by atoms with Crippen LogP contribution >= 0.6 is 22.9 Å². The fourth-order valence-electron chi connectivity index (χ4n) is 3.21.